The van der Waals surface area contributed by atoms with Crippen molar-refractivity contribution in [2.75, 3.05) is 20.3 Å². The van der Waals surface area contributed by atoms with Crippen molar-refractivity contribution in [1.29, 1.82) is 0 Å². The van der Waals surface area contributed by atoms with E-state index in [0.717, 1.165) is 0 Å². The van der Waals surface area contributed by atoms with Crippen molar-refractivity contribution in [3.05, 3.63) is 5.21 Å². The fraction of sp³-hybridized carbons (Fsp3) is 1.00. The molecule has 0 amide bonds. The van der Waals surface area contributed by atoms with Crippen LogP contribution in [0.3, 0.4) is 0 Å². The number of aliphatic hydroxyl groups excluding tert-OH is 1. The Balaban J connectivity index is 2.25. The minimum Gasteiger partial charge on any atom is -0.634 e. The van der Waals surface area contributed by atoms with Gasteiger partial charge in [-0.15, -0.1) is 0 Å². The predicted octanol–water partition coefficient (Wildman–Crippen LogP) is -1.85. The van der Waals surface area contributed by atoms with Crippen LogP contribution in [0.15, 0.2) is 0 Å². The van der Waals surface area contributed by atoms with Crippen LogP contribution in [0.25, 0.3) is 0 Å². The highest BCUT2D eigenvalue weighted by atomic mass is 16.5. The molecule has 0 bridgehead atoms. The van der Waals surface area contributed by atoms with Gasteiger partial charge in [0.1, 0.15) is 12.6 Å². The third-order valence-corrected chi connectivity index (χ3v) is 2.01. The van der Waals surface area contributed by atoms with E-state index < -0.39 is 0 Å². The van der Waals surface area contributed by atoms with Gasteiger partial charge in [0.25, 0.3) is 0 Å². The second-order valence-electron chi connectivity index (χ2n) is 2.56. The van der Waals surface area contributed by atoms with Crippen molar-refractivity contribution in [1.82, 2.24) is 0 Å². The average molecular weight is 147 g/mol. The number of aliphatic hydroxyl groups is 1. The van der Waals surface area contributed by atoms with Crippen molar-refractivity contribution in [2.24, 2.45) is 0 Å². The summed E-state index contributed by atoms with van der Waals surface area (Å²) in [6.45, 7) is 0.609. The quantitative estimate of drug-likeness (QED) is 0.461. The molecule has 0 spiro atoms. The molecule has 1 rings (SSSR count). The molecule has 60 valence electrons. The lowest BCUT2D eigenvalue weighted by atomic mass is 10.00. The molecule has 0 aromatic rings. The molecule has 3 atom stereocenters. The third kappa shape index (κ3) is 1.29. The van der Waals surface area contributed by atoms with Crippen molar-refractivity contribution in [3.63, 3.8) is 0 Å². The summed E-state index contributed by atoms with van der Waals surface area (Å²) < 4.78 is 4.99. The summed E-state index contributed by atoms with van der Waals surface area (Å²) in [6.07, 6.45) is 0.622. The highest BCUT2D eigenvalue weighted by Gasteiger charge is 2.38. The van der Waals surface area contributed by atoms with E-state index in [1.165, 1.54) is 0 Å². The van der Waals surface area contributed by atoms with Gasteiger partial charge < -0.3 is 20.1 Å². The Kier molecular flexibility index (Phi) is 2.62. The van der Waals surface area contributed by atoms with E-state index in [-0.39, 0.29) is 23.8 Å². The summed E-state index contributed by atoms with van der Waals surface area (Å²) in [5.41, 5.74) is 0. The zero-order valence-corrected chi connectivity index (χ0v) is 6.04. The highest BCUT2D eigenvalue weighted by molar-refractivity contribution is 4.76. The Bertz CT molecular complexity index is 109. The molecule has 3 unspecified atom stereocenters. The Morgan fingerprint density at radius 1 is 1.80 bits per heavy atom. The summed E-state index contributed by atoms with van der Waals surface area (Å²) >= 11 is 0. The average Bonchev–Trinajstić information content (AvgIpc) is 1.95. The zero-order chi connectivity index (χ0) is 7.56. The van der Waals surface area contributed by atoms with E-state index in [2.05, 4.69) is 0 Å². The van der Waals surface area contributed by atoms with Gasteiger partial charge in [-0.2, -0.15) is 0 Å². The van der Waals surface area contributed by atoms with E-state index in [9.17, 15) is 5.21 Å². The molecule has 1 aliphatic heterocycles. The topological polar surface area (TPSA) is 57.0 Å². The fourth-order valence-electron chi connectivity index (χ4n) is 1.27. The van der Waals surface area contributed by atoms with Crippen molar-refractivity contribution in [2.45, 2.75) is 18.6 Å². The van der Waals surface area contributed by atoms with Gasteiger partial charge in [-0.25, -0.2) is 0 Å². The molecule has 1 aliphatic rings. The van der Waals surface area contributed by atoms with Gasteiger partial charge in [-0.1, -0.05) is 0 Å². The normalized spacial score (nSPS) is 39.3. The van der Waals surface area contributed by atoms with Crippen molar-refractivity contribution >= 4 is 0 Å². The smallest absolute Gasteiger partial charge is 0.158 e. The molecule has 0 aliphatic carbocycles. The van der Waals surface area contributed by atoms with Crippen LogP contribution >= 0.6 is 0 Å². The zero-order valence-electron chi connectivity index (χ0n) is 6.04. The van der Waals surface area contributed by atoms with Crippen LogP contribution < -0.4 is 5.06 Å². The fourth-order valence-corrected chi connectivity index (χ4v) is 1.27. The van der Waals surface area contributed by atoms with Crippen LogP contribution in [0.5, 0.6) is 0 Å². The Labute approximate surface area is 60.0 Å². The maximum Gasteiger partial charge on any atom is 0.158 e. The first kappa shape index (κ1) is 7.94. The van der Waals surface area contributed by atoms with E-state index in [1.807, 2.05) is 0 Å². The summed E-state index contributed by atoms with van der Waals surface area (Å²) in [6, 6.07) is -0.0324. The maximum atomic E-state index is 10.8. The second kappa shape index (κ2) is 3.30. The first-order chi connectivity index (χ1) is 4.79. The molecule has 4 heteroatoms. The lowest BCUT2D eigenvalue weighted by Crippen LogP contribution is -3.22. The molecule has 1 fully saturated rings. The molecule has 2 N–H and O–H groups in total. The number of hydrogen-bond acceptors (Lipinski definition) is 3. The third-order valence-electron chi connectivity index (χ3n) is 2.01. The second-order valence-corrected chi connectivity index (χ2v) is 2.56. The predicted molar refractivity (Wildman–Crippen MR) is 35.5 cm³/mol. The first-order valence-electron chi connectivity index (χ1n) is 3.46. The SMILES string of the molecule is COC1C[NH+]([O-])C1CCO. The molecular weight excluding hydrogens is 134 g/mol. The van der Waals surface area contributed by atoms with Crippen LogP contribution in [0.2, 0.25) is 0 Å². The summed E-state index contributed by atoms with van der Waals surface area (Å²) in [5.74, 6) is 0. The van der Waals surface area contributed by atoms with Crippen LogP contribution in [0, 0.1) is 5.21 Å². The van der Waals surface area contributed by atoms with E-state index in [4.69, 9.17) is 9.84 Å². The molecule has 0 aromatic carbocycles. The van der Waals surface area contributed by atoms with E-state index in [1.54, 1.807) is 7.11 Å². The molecule has 10 heavy (non-hydrogen) atoms. The number of hydroxylamine groups is 2. The Morgan fingerprint density at radius 2 is 2.50 bits per heavy atom. The Hall–Kier alpha value is -0.160. The number of quaternary nitrogens is 1. The monoisotopic (exact) mass is 147 g/mol. The van der Waals surface area contributed by atoms with Gasteiger partial charge in [0.2, 0.25) is 0 Å². The molecule has 0 aromatic heterocycles. The van der Waals surface area contributed by atoms with Crippen LogP contribution in [0.4, 0.5) is 0 Å². The summed E-state index contributed by atoms with van der Waals surface area (Å²) in [4.78, 5) is 0. The van der Waals surface area contributed by atoms with Gasteiger partial charge in [0.15, 0.2) is 6.10 Å². The van der Waals surface area contributed by atoms with Gasteiger partial charge in [0.05, 0.1) is 0 Å². The maximum absolute atomic E-state index is 10.8. The van der Waals surface area contributed by atoms with Gasteiger partial charge in [-0.05, 0) is 0 Å². The van der Waals surface area contributed by atoms with Gasteiger partial charge >= 0.3 is 0 Å². The van der Waals surface area contributed by atoms with E-state index in [0.29, 0.717) is 13.0 Å². The molecule has 0 saturated carbocycles. The summed E-state index contributed by atoms with van der Waals surface area (Å²) in [5, 5.41) is 19.5. The molecule has 0 radical (unpaired) electrons. The summed E-state index contributed by atoms with van der Waals surface area (Å²) in [7, 11) is 1.60. The largest absolute Gasteiger partial charge is 0.634 e. The lowest BCUT2D eigenvalue weighted by molar-refractivity contribution is -0.932. The number of nitrogens with one attached hydrogen (secondary N) is 1. The molecule has 4 nitrogen and oxygen atoms in total. The standard InChI is InChI=1S/C6H13NO3/c1-10-6-4-7(9)5(6)2-3-8/h5-8H,2-4H2,1H3. The van der Waals surface area contributed by atoms with Gasteiger partial charge in [0, 0.05) is 20.1 Å². The van der Waals surface area contributed by atoms with Crippen molar-refractivity contribution in [3.8, 4) is 0 Å². The number of methoxy groups -OCH3 is 1. The minimum absolute atomic E-state index is 0.0324. The van der Waals surface area contributed by atoms with E-state index >= 15 is 0 Å². The van der Waals surface area contributed by atoms with Crippen LogP contribution in [-0.2, 0) is 4.74 Å². The number of rotatable bonds is 3. The molecular formula is C6H13NO3. The Morgan fingerprint density at radius 3 is 2.90 bits per heavy atom. The molecule has 1 saturated heterocycles. The van der Waals surface area contributed by atoms with Crippen LogP contribution in [0.1, 0.15) is 6.42 Å². The van der Waals surface area contributed by atoms with Crippen LogP contribution in [-0.4, -0.2) is 37.5 Å². The lowest BCUT2D eigenvalue weighted by Gasteiger charge is -2.45. The minimum atomic E-state index is -0.0324. The van der Waals surface area contributed by atoms with Crippen molar-refractivity contribution < 1.29 is 14.9 Å². The van der Waals surface area contributed by atoms with Gasteiger partial charge in [-0.3, -0.25) is 0 Å². The highest BCUT2D eigenvalue weighted by Crippen LogP contribution is 2.04. The first-order valence-corrected chi connectivity index (χ1v) is 3.46. The molecule has 1 heterocycles. The number of ether oxygens (including phenoxy) is 1. The number of hydrogen-bond donors (Lipinski definition) is 2.